The Kier molecular flexibility index (Phi) is 8.40. The van der Waals surface area contributed by atoms with E-state index in [9.17, 15) is 23.6 Å². The number of hydrogen-bond acceptors (Lipinski definition) is 6. The average molecular weight is 481 g/mol. The van der Waals surface area contributed by atoms with Gasteiger partial charge in [0.05, 0.1) is 7.11 Å². The minimum atomic E-state index is -1.02. The predicted molar refractivity (Wildman–Crippen MR) is 118 cm³/mol. The molecule has 3 N–H and O–H groups in total. The van der Waals surface area contributed by atoms with Gasteiger partial charge >= 0.3 is 5.97 Å². The van der Waals surface area contributed by atoms with Crippen molar-refractivity contribution in [3.8, 4) is 0 Å². The highest BCUT2D eigenvalue weighted by Crippen LogP contribution is 2.19. The van der Waals surface area contributed by atoms with Crippen molar-refractivity contribution in [1.82, 2.24) is 21.1 Å². The third kappa shape index (κ3) is 6.29. The van der Waals surface area contributed by atoms with Crippen LogP contribution in [-0.2, 0) is 23.9 Å². The van der Waals surface area contributed by atoms with Gasteiger partial charge in [-0.25, -0.2) is 14.6 Å². The fourth-order valence-electron chi connectivity index (χ4n) is 3.87. The minimum absolute atomic E-state index is 0.105. The maximum absolute atomic E-state index is 14.0. The molecule has 3 amide bonds. The number of ether oxygens (including phenoxy) is 1. The van der Waals surface area contributed by atoms with Crippen LogP contribution in [0.5, 0.6) is 0 Å². The van der Waals surface area contributed by atoms with Crippen LogP contribution in [0.4, 0.5) is 4.39 Å². The summed E-state index contributed by atoms with van der Waals surface area (Å²) in [6.07, 6.45) is 4.12. The molecule has 2 saturated heterocycles. The maximum Gasteiger partial charge on any atom is 0.328 e. The highest BCUT2D eigenvalue weighted by molar-refractivity contribution is 6.30. The lowest BCUT2D eigenvalue weighted by Crippen LogP contribution is -2.60. The van der Waals surface area contributed by atoms with Crippen LogP contribution in [-0.4, -0.2) is 61.0 Å². The number of methoxy groups -OCH3 is 1. The van der Waals surface area contributed by atoms with Gasteiger partial charge in [-0.3, -0.25) is 19.4 Å². The first-order valence-electron chi connectivity index (χ1n) is 10.7. The van der Waals surface area contributed by atoms with Crippen molar-refractivity contribution in [3.05, 3.63) is 40.7 Å². The number of rotatable bonds is 7. The van der Waals surface area contributed by atoms with Gasteiger partial charge in [-0.2, -0.15) is 0 Å². The van der Waals surface area contributed by atoms with E-state index in [1.807, 2.05) is 0 Å². The zero-order valence-electron chi connectivity index (χ0n) is 18.1. The number of nitrogens with zero attached hydrogens (tertiary/aromatic N) is 1. The first-order valence-corrected chi connectivity index (χ1v) is 11.0. The van der Waals surface area contributed by atoms with Gasteiger partial charge < -0.3 is 15.4 Å². The molecule has 2 aliphatic heterocycles. The van der Waals surface area contributed by atoms with Crippen molar-refractivity contribution >= 4 is 41.4 Å². The lowest BCUT2D eigenvalue weighted by Gasteiger charge is -2.35. The van der Waals surface area contributed by atoms with Crippen molar-refractivity contribution in [3.63, 3.8) is 0 Å². The third-order valence-electron chi connectivity index (χ3n) is 5.64. The first kappa shape index (κ1) is 24.7. The van der Waals surface area contributed by atoms with Crippen LogP contribution >= 0.6 is 11.6 Å². The number of benzene rings is 1. The summed E-state index contributed by atoms with van der Waals surface area (Å²) in [7, 11) is 1.20. The Hall–Kier alpha value is -2.98. The van der Waals surface area contributed by atoms with Crippen LogP contribution < -0.4 is 16.1 Å². The molecule has 0 radical (unpaired) electrons. The zero-order valence-corrected chi connectivity index (χ0v) is 18.9. The molecule has 11 heteroatoms. The van der Waals surface area contributed by atoms with Gasteiger partial charge in [0, 0.05) is 35.7 Å². The number of carbonyl (C=O) groups is 4. The molecule has 9 nitrogen and oxygen atoms in total. The summed E-state index contributed by atoms with van der Waals surface area (Å²) in [6.45, 7) is 0.988. The van der Waals surface area contributed by atoms with Crippen molar-refractivity contribution < 1.29 is 28.3 Å². The molecule has 2 aliphatic rings. The summed E-state index contributed by atoms with van der Waals surface area (Å²) >= 11 is 5.74. The van der Waals surface area contributed by atoms with Crippen LogP contribution in [0.3, 0.4) is 0 Å². The second-order valence-corrected chi connectivity index (χ2v) is 8.31. The Morgan fingerprint density at radius 1 is 1.33 bits per heavy atom. The standard InChI is InChI=1S/C22H26ClFN4O5/c1-33-22(32)17(11-14-8-10-25-20(14)30)27-21(31)18-3-2-9-26-28(18)19(29)7-5-13-4-6-15(23)12-16(13)24/h4-7,12,14,17-18,26H,2-3,8-11H2,1H3,(H,25,30)(H,27,31)/b7-5+/t14-,17-,18-/m0/s1. The zero-order chi connectivity index (χ0) is 24.0. The number of hydrazine groups is 1. The molecular formula is C22H26ClFN4O5. The monoisotopic (exact) mass is 480 g/mol. The number of esters is 1. The quantitative estimate of drug-likeness (QED) is 0.398. The smallest absolute Gasteiger partial charge is 0.328 e. The van der Waals surface area contributed by atoms with Gasteiger partial charge in [-0.1, -0.05) is 17.7 Å². The molecule has 0 aromatic heterocycles. The maximum atomic E-state index is 14.0. The van der Waals surface area contributed by atoms with E-state index in [1.165, 1.54) is 30.3 Å². The molecular weight excluding hydrogens is 455 g/mol. The Balaban J connectivity index is 1.69. The van der Waals surface area contributed by atoms with E-state index in [4.69, 9.17) is 16.3 Å². The molecule has 0 unspecified atom stereocenters. The largest absolute Gasteiger partial charge is 0.467 e. The van der Waals surface area contributed by atoms with E-state index in [1.54, 1.807) is 0 Å². The fourth-order valence-corrected chi connectivity index (χ4v) is 4.03. The van der Waals surface area contributed by atoms with Crippen LogP contribution in [0.25, 0.3) is 6.08 Å². The van der Waals surface area contributed by atoms with Gasteiger partial charge in [-0.05, 0) is 43.9 Å². The summed E-state index contributed by atoms with van der Waals surface area (Å²) in [4.78, 5) is 49.9. The van der Waals surface area contributed by atoms with Crippen molar-refractivity contribution in [1.29, 1.82) is 0 Å². The molecule has 3 atom stereocenters. The Bertz CT molecular complexity index is 957. The van der Waals surface area contributed by atoms with Gasteiger partial charge in [0.25, 0.3) is 5.91 Å². The highest BCUT2D eigenvalue weighted by atomic mass is 35.5. The second kappa shape index (κ2) is 11.2. The first-order chi connectivity index (χ1) is 15.8. The molecule has 0 spiro atoms. The summed E-state index contributed by atoms with van der Waals surface area (Å²) in [5.74, 6) is -2.92. The second-order valence-electron chi connectivity index (χ2n) is 7.87. The number of halogens is 2. The van der Waals surface area contributed by atoms with E-state index in [2.05, 4.69) is 16.1 Å². The average Bonchev–Trinajstić information content (AvgIpc) is 3.21. The van der Waals surface area contributed by atoms with E-state index >= 15 is 0 Å². The molecule has 33 heavy (non-hydrogen) atoms. The Morgan fingerprint density at radius 3 is 2.79 bits per heavy atom. The molecule has 0 bridgehead atoms. The minimum Gasteiger partial charge on any atom is -0.467 e. The van der Waals surface area contributed by atoms with E-state index in [-0.39, 0.29) is 22.9 Å². The molecule has 2 fully saturated rings. The number of hydrogen-bond donors (Lipinski definition) is 3. The van der Waals surface area contributed by atoms with Gasteiger partial charge in [0.1, 0.15) is 17.9 Å². The SMILES string of the molecule is COC(=O)[C@H](C[C@@H]1CCNC1=O)NC(=O)[C@@H]1CCCNN1C(=O)/C=C/c1ccc(Cl)cc1F. The van der Waals surface area contributed by atoms with E-state index in [0.29, 0.717) is 32.4 Å². The van der Waals surface area contributed by atoms with Crippen LogP contribution in [0.15, 0.2) is 24.3 Å². The van der Waals surface area contributed by atoms with Gasteiger partial charge in [-0.15, -0.1) is 0 Å². The van der Waals surface area contributed by atoms with Crippen LogP contribution in [0, 0.1) is 11.7 Å². The normalized spacial score (nSPS) is 21.5. The molecule has 2 heterocycles. The summed E-state index contributed by atoms with van der Waals surface area (Å²) in [6, 6.07) is 2.17. The number of amides is 3. The van der Waals surface area contributed by atoms with Crippen molar-refractivity contribution in [2.75, 3.05) is 20.2 Å². The molecule has 178 valence electrons. The Morgan fingerprint density at radius 2 is 2.12 bits per heavy atom. The summed E-state index contributed by atoms with van der Waals surface area (Å²) in [5.41, 5.74) is 3.06. The number of nitrogens with one attached hydrogen (secondary N) is 3. The van der Waals surface area contributed by atoms with Gasteiger partial charge in [0.15, 0.2) is 0 Å². The predicted octanol–water partition coefficient (Wildman–Crippen LogP) is 1.17. The molecule has 1 aromatic rings. The molecule has 0 saturated carbocycles. The lowest BCUT2D eigenvalue weighted by atomic mass is 9.97. The highest BCUT2D eigenvalue weighted by Gasteiger charge is 2.36. The third-order valence-corrected chi connectivity index (χ3v) is 5.88. The van der Waals surface area contributed by atoms with Gasteiger partial charge in [0.2, 0.25) is 11.8 Å². The van der Waals surface area contributed by atoms with E-state index in [0.717, 1.165) is 12.1 Å². The fraction of sp³-hybridized carbons (Fsp3) is 0.455. The van der Waals surface area contributed by atoms with Crippen molar-refractivity contribution in [2.45, 2.75) is 37.8 Å². The van der Waals surface area contributed by atoms with Crippen molar-refractivity contribution in [2.24, 2.45) is 5.92 Å². The molecule has 3 rings (SSSR count). The van der Waals surface area contributed by atoms with E-state index < -0.39 is 41.6 Å². The van der Waals surface area contributed by atoms with Crippen LogP contribution in [0.1, 0.15) is 31.2 Å². The number of carbonyl (C=O) groups excluding carboxylic acids is 4. The topological polar surface area (TPSA) is 117 Å². The lowest BCUT2D eigenvalue weighted by molar-refractivity contribution is -0.148. The van der Waals surface area contributed by atoms with Crippen LogP contribution in [0.2, 0.25) is 5.02 Å². The Labute approximate surface area is 195 Å². The molecule has 1 aromatic carbocycles. The summed E-state index contributed by atoms with van der Waals surface area (Å²) in [5, 5.41) is 6.73. The summed E-state index contributed by atoms with van der Waals surface area (Å²) < 4.78 is 18.8. The molecule has 0 aliphatic carbocycles.